The van der Waals surface area contributed by atoms with Crippen molar-refractivity contribution in [1.29, 1.82) is 0 Å². The molecule has 1 atom stereocenters. The molecule has 0 aliphatic carbocycles. The fraction of sp³-hybridized carbons (Fsp3) is 0.444. The molecule has 7 nitrogen and oxygen atoms in total. The van der Waals surface area contributed by atoms with Crippen LogP contribution in [0, 0.1) is 5.92 Å². The summed E-state index contributed by atoms with van der Waals surface area (Å²) in [5.41, 5.74) is 0.792. The topological polar surface area (TPSA) is 105 Å². The summed E-state index contributed by atoms with van der Waals surface area (Å²) in [6.07, 6.45) is 1.52. The third kappa shape index (κ3) is 6.15. The van der Waals surface area contributed by atoms with E-state index in [0.29, 0.717) is 36.0 Å². The van der Waals surface area contributed by atoms with Crippen molar-refractivity contribution < 1.29 is 19.2 Å². The largest absolute Gasteiger partial charge is 0.480 e. The van der Waals surface area contributed by atoms with E-state index in [4.69, 9.17) is 21.2 Å². The summed E-state index contributed by atoms with van der Waals surface area (Å²) in [5.74, 6) is -0.239. The number of carboxylic acid groups (broad SMARTS) is 1. The molecule has 0 aliphatic heterocycles. The van der Waals surface area contributed by atoms with Crippen LogP contribution in [0.2, 0.25) is 5.02 Å². The average Bonchev–Trinajstić information content (AvgIpc) is 3.03. The number of nitrogens with one attached hydrogen (secondary N) is 1. The second-order valence-corrected chi connectivity index (χ2v) is 6.90. The van der Waals surface area contributed by atoms with Gasteiger partial charge < -0.3 is 14.9 Å². The van der Waals surface area contributed by atoms with E-state index in [1.165, 1.54) is 0 Å². The number of halogens is 1. The highest BCUT2D eigenvalue weighted by Crippen LogP contribution is 2.19. The molecule has 0 bridgehead atoms. The van der Waals surface area contributed by atoms with E-state index in [0.717, 1.165) is 5.56 Å². The lowest BCUT2D eigenvalue weighted by Crippen LogP contribution is -2.41. The van der Waals surface area contributed by atoms with Gasteiger partial charge >= 0.3 is 5.97 Å². The summed E-state index contributed by atoms with van der Waals surface area (Å²) < 4.78 is 5.18. The molecule has 1 heterocycles. The Balaban J connectivity index is 1.81. The van der Waals surface area contributed by atoms with Gasteiger partial charge in [-0.1, -0.05) is 30.6 Å². The third-order valence-electron chi connectivity index (χ3n) is 3.71. The van der Waals surface area contributed by atoms with Crippen LogP contribution >= 0.6 is 11.6 Å². The van der Waals surface area contributed by atoms with Crippen LogP contribution in [0.25, 0.3) is 11.4 Å². The van der Waals surface area contributed by atoms with Gasteiger partial charge in [-0.25, -0.2) is 4.79 Å². The molecular formula is C18H22ClN3O4. The molecule has 1 aromatic heterocycles. The first-order chi connectivity index (χ1) is 12.3. The summed E-state index contributed by atoms with van der Waals surface area (Å²) in [4.78, 5) is 27.4. The predicted molar refractivity (Wildman–Crippen MR) is 96.7 cm³/mol. The minimum atomic E-state index is -1.02. The lowest BCUT2D eigenvalue weighted by molar-refractivity contribution is -0.142. The summed E-state index contributed by atoms with van der Waals surface area (Å²) in [6, 6.07) is 6.22. The Morgan fingerprint density at radius 1 is 1.27 bits per heavy atom. The van der Waals surface area contributed by atoms with E-state index in [2.05, 4.69) is 15.5 Å². The van der Waals surface area contributed by atoms with Crippen LogP contribution in [-0.4, -0.2) is 33.2 Å². The van der Waals surface area contributed by atoms with Crippen LogP contribution < -0.4 is 5.32 Å². The summed E-state index contributed by atoms with van der Waals surface area (Å²) >= 11 is 5.85. The number of amides is 1. The lowest BCUT2D eigenvalue weighted by atomic mass is 10.0. The second-order valence-electron chi connectivity index (χ2n) is 6.46. The van der Waals surface area contributed by atoms with Crippen LogP contribution in [-0.2, 0) is 16.0 Å². The SMILES string of the molecule is CC(C)CC(NC(=O)CCCc1nc(-c2ccc(Cl)cc2)no1)C(=O)O. The Morgan fingerprint density at radius 3 is 2.58 bits per heavy atom. The molecule has 0 saturated heterocycles. The smallest absolute Gasteiger partial charge is 0.326 e. The van der Waals surface area contributed by atoms with E-state index in [1.54, 1.807) is 24.3 Å². The highest BCUT2D eigenvalue weighted by molar-refractivity contribution is 6.30. The van der Waals surface area contributed by atoms with E-state index >= 15 is 0 Å². The Labute approximate surface area is 156 Å². The molecule has 0 spiro atoms. The number of carboxylic acids is 1. The number of hydrogen-bond donors (Lipinski definition) is 2. The summed E-state index contributed by atoms with van der Waals surface area (Å²) in [5, 5.41) is 16.2. The lowest BCUT2D eigenvalue weighted by Gasteiger charge is -2.16. The maximum Gasteiger partial charge on any atom is 0.326 e. The van der Waals surface area contributed by atoms with Crippen LogP contribution in [0.15, 0.2) is 28.8 Å². The van der Waals surface area contributed by atoms with Crippen molar-refractivity contribution in [3.63, 3.8) is 0 Å². The van der Waals surface area contributed by atoms with Crippen molar-refractivity contribution in [2.75, 3.05) is 0 Å². The normalized spacial score (nSPS) is 12.2. The quantitative estimate of drug-likeness (QED) is 0.692. The van der Waals surface area contributed by atoms with Gasteiger partial charge in [-0.2, -0.15) is 4.98 Å². The van der Waals surface area contributed by atoms with Crippen molar-refractivity contribution in [2.45, 2.75) is 45.6 Å². The second kappa shape index (κ2) is 9.33. The average molecular weight is 380 g/mol. The molecule has 0 aliphatic rings. The van der Waals surface area contributed by atoms with Gasteiger partial charge in [0.2, 0.25) is 17.6 Å². The number of aryl methyl sites for hydroxylation is 1. The Kier molecular flexibility index (Phi) is 7.15. The molecule has 1 aromatic carbocycles. The minimum Gasteiger partial charge on any atom is -0.480 e. The highest BCUT2D eigenvalue weighted by Gasteiger charge is 2.20. The molecule has 1 unspecified atom stereocenters. The van der Waals surface area contributed by atoms with Gasteiger partial charge in [-0.15, -0.1) is 0 Å². The molecule has 140 valence electrons. The van der Waals surface area contributed by atoms with Gasteiger partial charge in [0.15, 0.2) is 0 Å². The number of carbonyl (C=O) groups excluding carboxylic acids is 1. The standard InChI is InChI=1S/C18H22ClN3O4/c1-11(2)10-14(18(24)25)20-15(23)4-3-5-16-21-17(22-26-16)12-6-8-13(19)9-7-12/h6-9,11,14H,3-5,10H2,1-2H3,(H,20,23)(H,24,25). The van der Waals surface area contributed by atoms with Crippen LogP contribution in [0.3, 0.4) is 0 Å². The number of aliphatic carboxylic acids is 1. The van der Waals surface area contributed by atoms with E-state index in [9.17, 15) is 9.59 Å². The van der Waals surface area contributed by atoms with E-state index in [-0.39, 0.29) is 18.2 Å². The maximum absolute atomic E-state index is 11.9. The minimum absolute atomic E-state index is 0.182. The fourth-order valence-electron chi connectivity index (χ4n) is 2.43. The summed E-state index contributed by atoms with van der Waals surface area (Å²) in [6.45, 7) is 3.83. The first-order valence-corrected chi connectivity index (χ1v) is 8.83. The predicted octanol–water partition coefficient (Wildman–Crippen LogP) is 3.33. The number of benzene rings is 1. The van der Waals surface area contributed by atoms with Crippen molar-refractivity contribution in [2.24, 2.45) is 5.92 Å². The molecule has 8 heteroatoms. The van der Waals surface area contributed by atoms with Crippen LogP contribution in [0.4, 0.5) is 0 Å². The molecule has 2 aromatic rings. The zero-order chi connectivity index (χ0) is 19.1. The summed E-state index contributed by atoms with van der Waals surface area (Å²) in [7, 11) is 0. The molecule has 0 saturated carbocycles. The Morgan fingerprint density at radius 2 is 1.96 bits per heavy atom. The fourth-order valence-corrected chi connectivity index (χ4v) is 2.56. The molecule has 26 heavy (non-hydrogen) atoms. The molecule has 0 radical (unpaired) electrons. The van der Waals surface area contributed by atoms with Gasteiger partial charge in [-0.05, 0) is 43.0 Å². The van der Waals surface area contributed by atoms with E-state index in [1.807, 2.05) is 13.8 Å². The number of aromatic nitrogens is 2. The van der Waals surface area contributed by atoms with Crippen molar-refractivity contribution in [1.82, 2.24) is 15.5 Å². The van der Waals surface area contributed by atoms with E-state index < -0.39 is 12.0 Å². The third-order valence-corrected chi connectivity index (χ3v) is 3.96. The van der Waals surface area contributed by atoms with Crippen molar-refractivity contribution in [3.8, 4) is 11.4 Å². The number of rotatable bonds is 9. The Bertz CT molecular complexity index is 743. The number of nitrogens with zero attached hydrogens (tertiary/aromatic N) is 2. The Hall–Kier alpha value is -2.41. The van der Waals surface area contributed by atoms with Crippen LogP contribution in [0.1, 0.15) is 39.0 Å². The van der Waals surface area contributed by atoms with Crippen molar-refractivity contribution >= 4 is 23.5 Å². The van der Waals surface area contributed by atoms with Gasteiger partial charge in [-0.3, -0.25) is 4.79 Å². The first kappa shape index (κ1) is 19.9. The maximum atomic E-state index is 11.9. The van der Waals surface area contributed by atoms with Gasteiger partial charge in [0.05, 0.1) is 0 Å². The molecule has 0 fully saturated rings. The van der Waals surface area contributed by atoms with Gasteiger partial charge in [0.25, 0.3) is 0 Å². The van der Waals surface area contributed by atoms with Gasteiger partial charge in [0.1, 0.15) is 6.04 Å². The number of hydrogen-bond acceptors (Lipinski definition) is 5. The van der Waals surface area contributed by atoms with Crippen molar-refractivity contribution in [3.05, 3.63) is 35.2 Å². The number of carbonyl (C=O) groups is 2. The van der Waals surface area contributed by atoms with Crippen LogP contribution in [0.5, 0.6) is 0 Å². The first-order valence-electron chi connectivity index (χ1n) is 8.46. The van der Waals surface area contributed by atoms with Gasteiger partial charge in [0, 0.05) is 23.4 Å². The molecule has 1 amide bonds. The highest BCUT2D eigenvalue weighted by atomic mass is 35.5. The molecule has 2 N–H and O–H groups in total. The zero-order valence-corrected chi connectivity index (χ0v) is 15.5. The molecular weight excluding hydrogens is 358 g/mol. The monoisotopic (exact) mass is 379 g/mol. The zero-order valence-electron chi connectivity index (χ0n) is 14.7. The molecule has 2 rings (SSSR count).